The predicted molar refractivity (Wildman–Crippen MR) is 115 cm³/mol. The molecule has 0 fully saturated rings. The molecule has 1 atom stereocenters. The molecule has 0 bridgehead atoms. The van der Waals surface area contributed by atoms with Gasteiger partial charge < -0.3 is 5.11 Å². The molecule has 0 radical (unpaired) electrons. The normalized spacial score (nSPS) is 17.2. The molecular weight excluding hydrogens is 360 g/mol. The molecule has 0 aliphatic carbocycles. The van der Waals surface area contributed by atoms with E-state index in [9.17, 15) is 4.79 Å². The summed E-state index contributed by atoms with van der Waals surface area (Å²) in [6, 6.07) is 18.1. The van der Waals surface area contributed by atoms with E-state index in [1.165, 1.54) is 0 Å². The number of hydrogen-bond donors (Lipinski definition) is 1. The molecule has 2 aromatic carbocycles. The van der Waals surface area contributed by atoms with E-state index in [4.69, 9.17) is 12.0 Å². The SMILES string of the molecule is [2H]C([2H])(CC([2H])(CCCCC(=O)O)SC([2H])([2H])c1ccccc1)SCc1ccccc1. The first kappa shape index (κ1) is 14.6. The standard InChI is InChI=1S/C22H28O2S2/c23-22(24)14-8-7-13-21(26-18-20-11-5-2-6-12-20)15-16-25-17-19-9-3-1-4-10-19/h1-6,9-12,21H,7-8,13-18H2,(H,23,24)/i16D2,18D2,21D. The molecule has 4 heteroatoms. The van der Waals surface area contributed by atoms with Crippen molar-refractivity contribution in [1.29, 1.82) is 0 Å². The van der Waals surface area contributed by atoms with Crippen molar-refractivity contribution in [3.63, 3.8) is 0 Å². The molecule has 2 aromatic rings. The van der Waals surface area contributed by atoms with Crippen molar-refractivity contribution in [2.45, 2.75) is 48.8 Å². The van der Waals surface area contributed by atoms with Crippen molar-refractivity contribution in [2.24, 2.45) is 0 Å². The second-order valence-corrected chi connectivity index (χ2v) is 7.66. The molecule has 0 heterocycles. The second-order valence-electron chi connectivity index (χ2n) is 5.81. The Bertz CT molecular complexity index is 821. The zero-order chi connectivity index (χ0) is 23.0. The van der Waals surface area contributed by atoms with E-state index in [2.05, 4.69) is 0 Å². The number of thioether (sulfide) groups is 2. The largest absolute Gasteiger partial charge is 0.481 e. The number of benzene rings is 2. The maximum absolute atomic E-state index is 10.8. The van der Waals surface area contributed by atoms with Crippen LogP contribution in [-0.4, -0.2) is 22.0 Å². The predicted octanol–water partition coefficient (Wildman–Crippen LogP) is 6.26. The van der Waals surface area contributed by atoms with E-state index in [1.807, 2.05) is 30.3 Å². The van der Waals surface area contributed by atoms with Crippen LogP contribution < -0.4 is 0 Å². The fraction of sp³-hybridized carbons (Fsp3) is 0.409. The highest BCUT2D eigenvalue weighted by Gasteiger charge is 2.10. The first-order valence-electron chi connectivity index (χ1n) is 11.2. The number of unbranched alkanes of at least 4 members (excludes halogenated alkanes) is 1. The van der Waals surface area contributed by atoms with Gasteiger partial charge in [-0.1, -0.05) is 67.1 Å². The Balaban J connectivity index is 2.12. The second kappa shape index (κ2) is 12.9. The van der Waals surface area contributed by atoms with E-state index in [1.54, 1.807) is 30.3 Å². The van der Waals surface area contributed by atoms with Gasteiger partial charge in [0.15, 0.2) is 0 Å². The Labute approximate surface area is 172 Å². The highest BCUT2D eigenvalue weighted by molar-refractivity contribution is 7.99. The van der Waals surface area contributed by atoms with Crippen LogP contribution in [0.5, 0.6) is 0 Å². The lowest BCUT2D eigenvalue weighted by Crippen LogP contribution is -2.06. The van der Waals surface area contributed by atoms with Crippen molar-refractivity contribution < 1.29 is 16.8 Å². The third kappa shape index (κ3) is 9.35. The van der Waals surface area contributed by atoms with Crippen LogP contribution in [0.25, 0.3) is 0 Å². The molecule has 1 N–H and O–H groups in total. The van der Waals surface area contributed by atoms with E-state index in [0.717, 1.165) is 29.1 Å². The number of hydrogen-bond acceptors (Lipinski definition) is 3. The summed E-state index contributed by atoms with van der Waals surface area (Å²) in [7, 11) is 0. The van der Waals surface area contributed by atoms with Gasteiger partial charge in [-0.15, -0.1) is 0 Å². The van der Waals surface area contributed by atoms with Crippen molar-refractivity contribution in [3.8, 4) is 0 Å². The molecule has 0 aliphatic rings. The van der Waals surface area contributed by atoms with Gasteiger partial charge >= 0.3 is 5.97 Å². The quantitative estimate of drug-likeness (QED) is 0.408. The number of carboxylic acid groups (broad SMARTS) is 1. The molecule has 0 aromatic heterocycles. The summed E-state index contributed by atoms with van der Waals surface area (Å²) in [5, 5.41) is 7.43. The summed E-state index contributed by atoms with van der Waals surface area (Å²) in [5.74, 6) is -0.448. The first-order chi connectivity index (χ1) is 14.5. The molecule has 0 spiro atoms. The zero-order valence-electron chi connectivity index (χ0n) is 19.7. The zero-order valence-corrected chi connectivity index (χ0v) is 16.3. The monoisotopic (exact) mass is 393 g/mol. The van der Waals surface area contributed by atoms with E-state index in [-0.39, 0.29) is 19.3 Å². The molecule has 26 heavy (non-hydrogen) atoms. The Kier molecular flexibility index (Phi) is 7.25. The van der Waals surface area contributed by atoms with Gasteiger partial charge in [0.05, 0.1) is 0 Å². The Morgan fingerprint density at radius 3 is 2.31 bits per heavy atom. The van der Waals surface area contributed by atoms with Crippen LogP contribution in [-0.2, 0) is 16.3 Å². The minimum atomic E-state index is -1.87. The molecule has 2 nitrogen and oxygen atoms in total. The van der Waals surface area contributed by atoms with E-state index < -0.39 is 22.6 Å². The molecule has 0 saturated carbocycles. The third-order valence-corrected chi connectivity index (χ3v) is 5.44. The average molecular weight is 394 g/mol. The third-order valence-electron chi connectivity index (χ3n) is 3.64. The number of aliphatic carboxylic acids is 1. The lowest BCUT2D eigenvalue weighted by atomic mass is 10.1. The highest BCUT2D eigenvalue weighted by atomic mass is 32.2. The summed E-state index contributed by atoms with van der Waals surface area (Å²) in [6.45, 7) is 0. The molecule has 0 aliphatic heterocycles. The minimum Gasteiger partial charge on any atom is -0.481 e. The molecule has 1 unspecified atom stereocenters. The van der Waals surface area contributed by atoms with E-state index in [0.29, 0.717) is 24.2 Å². The number of carboxylic acids is 1. The lowest BCUT2D eigenvalue weighted by Gasteiger charge is -2.16. The molecule has 0 saturated heterocycles. The maximum atomic E-state index is 10.8. The smallest absolute Gasteiger partial charge is 0.303 e. The highest BCUT2D eigenvalue weighted by Crippen LogP contribution is 2.27. The fourth-order valence-electron chi connectivity index (χ4n) is 2.25. The van der Waals surface area contributed by atoms with Gasteiger partial charge in [0, 0.05) is 30.0 Å². The van der Waals surface area contributed by atoms with E-state index >= 15 is 0 Å². The maximum Gasteiger partial charge on any atom is 0.303 e. The topological polar surface area (TPSA) is 37.3 Å². The van der Waals surface area contributed by atoms with Crippen LogP contribution in [0.15, 0.2) is 60.7 Å². The summed E-state index contributed by atoms with van der Waals surface area (Å²) in [5.41, 5.74) is -2.18. The van der Waals surface area contributed by atoms with Crippen molar-refractivity contribution in [1.82, 2.24) is 0 Å². The van der Waals surface area contributed by atoms with Gasteiger partial charge in [0.2, 0.25) is 0 Å². The number of carbonyl (C=O) groups is 1. The van der Waals surface area contributed by atoms with Crippen LogP contribution in [0, 0.1) is 0 Å². The van der Waals surface area contributed by atoms with Crippen LogP contribution in [0.3, 0.4) is 0 Å². The number of rotatable bonds is 13. The summed E-state index contributed by atoms with van der Waals surface area (Å²) in [4.78, 5) is 10.8. The van der Waals surface area contributed by atoms with Crippen molar-refractivity contribution in [2.75, 3.05) is 5.70 Å². The molecule has 0 amide bonds. The van der Waals surface area contributed by atoms with Gasteiger partial charge in [-0.3, -0.25) is 4.79 Å². The van der Waals surface area contributed by atoms with Gasteiger partial charge in [0.25, 0.3) is 0 Å². The van der Waals surface area contributed by atoms with Crippen molar-refractivity contribution in [3.05, 3.63) is 71.8 Å². The van der Waals surface area contributed by atoms with Gasteiger partial charge in [-0.2, -0.15) is 23.5 Å². The lowest BCUT2D eigenvalue weighted by molar-refractivity contribution is -0.137. The van der Waals surface area contributed by atoms with Crippen molar-refractivity contribution >= 4 is 29.5 Å². The summed E-state index contributed by atoms with van der Waals surface area (Å²) < 4.78 is 42.9. The summed E-state index contributed by atoms with van der Waals surface area (Å²) in [6.07, 6.45) is 0.838. The first-order valence-corrected chi connectivity index (χ1v) is 10.5. The van der Waals surface area contributed by atoms with Gasteiger partial charge in [-0.05, 0) is 36.1 Å². The van der Waals surface area contributed by atoms with Crippen LogP contribution in [0.2, 0.25) is 0 Å². The fourth-order valence-corrected chi connectivity index (χ4v) is 3.87. The van der Waals surface area contributed by atoms with Gasteiger partial charge in [-0.25, -0.2) is 0 Å². The summed E-state index contributed by atoms with van der Waals surface area (Å²) >= 11 is 1.92. The Morgan fingerprint density at radius 1 is 1.00 bits per heavy atom. The van der Waals surface area contributed by atoms with Gasteiger partial charge in [0.1, 0.15) is 0 Å². The molecule has 2 rings (SSSR count). The van der Waals surface area contributed by atoms with Crippen LogP contribution >= 0.6 is 23.5 Å². The Hall–Kier alpha value is -1.39. The molecule has 140 valence electrons. The molecular formula is C22H28O2S2. The minimum absolute atomic E-state index is 0.0119. The Morgan fingerprint density at radius 2 is 1.65 bits per heavy atom. The average Bonchev–Trinajstić information content (AvgIpc) is 2.70. The van der Waals surface area contributed by atoms with Crippen LogP contribution in [0.1, 0.15) is 50.1 Å². The van der Waals surface area contributed by atoms with Crippen LogP contribution in [0.4, 0.5) is 0 Å².